The number of rotatable bonds is 3. The molecule has 0 radical (unpaired) electrons. The first-order valence-electron chi connectivity index (χ1n) is 7.25. The highest BCUT2D eigenvalue weighted by Gasteiger charge is 2.26. The van der Waals surface area contributed by atoms with E-state index >= 15 is 0 Å². The van der Waals surface area contributed by atoms with Gasteiger partial charge in [-0.25, -0.2) is 4.98 Å². The molecule has 110 valence electrons. The largest absolute Gasteiger partial charge is 0.348 e. The van der Waals surface area contributed by atoms with E-state index in [9.17, 15) is 4.79 Å². The molecule has 3 rings (SSSR count). The van der Waals surface area contributed by atoms with E-state index in [0.29, 0.717) is 13.0 Å². The number of aryl methyl sites for hydroxylation is 1. The van der Waals surface area contributed by atoms with Gasteiger partial charge in [0.1, 0.15) is 0 Å². The maximum Gasteiger partial charge on any atom is 0.238 e. The van der Waals surface area contributed by atoms with Crippen LogP contribution in [0.1, 0.15) is 35.5 Å². The number of aromatic amines is 1. The van der Waals surface area contributed by atoms with Crippen molar-refractivity contribution >= 4 is 5.91 Å². The van der Waals surface area contributed by atoms with Gasteiger partial charge in [0.25, 0.3) is 0 Å². The van der Waals surface area contributed by atoms with Crippen molar-refractivity contribution in [1.29, 1.82) is 0 Å². The molecule has 0 aliphatic carbocycles. The quantitative estimate of drug-likeness (QED) is 0.802. The first-order chi connectivity index (χ1) is 10.1. The van der Waals surface area contributed by atoms with E-state index in [1.54, 1.807) is 6.33 Å². The fourth-order valence-electron chi connectivity index (χ4n) is 2.82. The first-order valence-corrected chi connectivity index (χ1v) is 7.25. The number of imidazole rings is 1. The molecule has 1 aliphatic rings. The number of nitrogens with one attached hydrogen (secondary N) is 3. The third-order valence-corrected chi connectivity index (χ3v) is 4.06. The van der Waals surface area contributed by atoms with Crippen LogP contribution in [0.4, 0.5) is 0 Å². The van der Waals surface area contributed by atoms with Crippen molar-refractivity contribution in [2.75, 3.05) is 0 Å². The highest BCUT2D eigenvalue weighted by Crippen LogP contribution is 2.18. The number of amides is 1. The minimum absolute atomic E-state index is 0.00100. The summed E-state index contributed by atoms with van der Waals surface area (Å²) in [6, 6.07) is 7.91. The Bertz CT molecular complexity index is 649. The predicted octanol–water partition coefficient (Wildman–Crippen LogP) is 1.61. The lowest BCUT2D eigenvalue weighted by molar-refractivity contribution is -0.124. The summed E-state index contributed by atoms with van der Waals surface area (Å²) in [5.74, 6) is 0.0272. The summed E-state index contributed by atoms with van der Waals surface area (Å²) in [6.07, 6.45) is 2.31. The molecule has 5 heteroatoms. The van der Waals surface area contributed by atoms with E-state index in [2.05, 4.69) is 39.7 Å². The van der Waals surface area contributed by atoms with Gasteiger partial charge in [-0.1, -0.05) is 24.3 Å². The summed E-state index contributed by atoms with van der Waals surface area (Å²) in [4.78, 5) is 19.8. The normalized spacial score (nSPS) is 18.9. The van der Waals surface area contributed by atoms with Gasteiger partial charge >= 0.3 is 0 Å². The summed E-state index contributed by atoms with van der Waals surface area (Å²) < 4.78 is 0. The molecule has 1 aromatic heterocycles. The number of hydrogen-bond donors (Lipinski definition) is 3. The van der Waals surface area contributed by atoms with Crippen LogP contribution in [-0.2, 0) is 17.8 Å². The van der Waals surface area contributed by atoms with Crippen LogP contribution in [0, 0.1) is 6.92 Å². The van der Waals surface area contributed by atoms with Crippen molar-refractivity contribution in [3.8, 4) is 0 Å². The minimum atomic E-state index is -0.215. The molecule has 1 aliphatic heterocycles. The van der Waals surface area contributed by atoms with Crippen LogP contribution in [0.5, 0.6) is 0 Å². The van der Waals surface area contributed by atoms with E-state index in [-0.39, 0.29) is 18.0 Å². The molecular weight excluding hydrogens is 264 g/mol. The maximum atomic E-state index is 12.4. The number of fused-ring (bicyclic) bond motifs is 1. The summed E-state index contributed by atoms with van der Waals surface area (Å²) in [7, 11) is 0. The highest BCUT2D eigenvalue weighted by molar-refractivity contribution is 5.82. The molecule has 21 heavy (non-hydrogen) atoms. The fraction of sp³-hybridized carbons (Fsp3) is 0.375. The Hall–Kier alpha value is -2.14. The van der Waals surface area contributed by atoms with Gasteiger partial charge in [-0.05, 0) is 25.0 Å². The molecule has 0 spiro atoms. The van der Waals surface area contributed by atoms with Crippen molar-refractivity contribution in [2.24, 2.45) is 0 Å². The second-order valence-corrected chi connectivity index (χ2v) is 5.55. The number of carbonyl (C=O) groups is 1. The first kappa shape index (κ1) is 13.8. The van der Waals surface area contributed by atoms with Crippen molar-refractivity contribution in [3.05, 3.63) is 53.1 Å². The van der Waals surface area contributed by atoms with Gasteiger partial charge < -0.3 is 10.3 Å². The lowest BCUT2D eigenvalue weighted by Crippen LogP contribution is -2.48. The van der Waals surface area contributed by atoms with Gasteiger partial charge in [0.15, 0.2) is 0 Å². The molecule has 2 atom stereocenters. The Labute approximate surface area is 124 Å². The average molecular weight is 284 g/mol. The number of benzene rings is 1. The van der Waals surface area contributed by atoms with Gasteiger partial charge in [0.2, 0.25) is 5.91 Å². The number of aromatic nitrogens is 2. The Kier molecular flexibility index (Phi) is 3.75. The van der Waals surface area contributed by atoms with Gasteiger partial charge in [-0.15, -0.1) is 0 Å². The summed E-state index contributed by atoms with van der Waals surface area (Å²) in [5, 5.41) is 6.34. The summed E-state index contributed by atoms with van der Waals surface area (Å²) in [5.41, 5.74) is 4.40. The molecular formula is C16H20N4O. The van der Waals surface area contributed by atoms with Crippen LogP contribution in [0.2, 0.25) is 0 Å². The van der Waals surface area contributed by atoms with Gasteiger partial charge in [-0.2, -0.15) is 0 Å². The molecule has 2 unspecified atom stereocenters. The molecule has 0 fully saturated rings. The summed E-state index contributed by atoms with van der Waals surface area (Å²) in [6.45, 7) is 4.74. The van der Waals surface area contributed by atoms with E-state index in [1.807, 2.05) is 19.1 Å². The van der Waals surface area contributed by atoms with Gasteiger partial charge in [0, 0.05) is 13.0 Å². The van der Waals surface area contributed by atoms with E-state index in [0.717, 1.165) is 17.0 Å². The van der Waals surface area contributed by atoms with Crippen molar-refractivity contribution in [1.82, 2.24) is 20.6 Å². The SMILES string of the molecule is Cc1ccccc1C(C)NC(=O)C1Cc2nc[nH]c2CN1. The number of nitrogens with zero attached hydrogens (tertiary/aromatic N) is 1. The molecule has 1 amide bonds. The molecule has 2 heterocycles. The van der Waals surface area contributed by atoms with Crippen LogP contribution < -0.4 is 10.6 Å². The molecule has 0 saturated heterocycles. The van der Waals surface area contributed by atoms with Gasteiger partial charge in [-0.3, -0.25) is 10.1 Å². The Morgan fingerprint density at radius 1 is 1.43 bits per heavy atom. The third-order valence-electron chi connectivity index (χ3n) is 4.06. The molecule has 1 aromatic carbocycles. The zero-order chi connectivity index (χ0) is 14.8. The Morgan fingerprint density at radius 3 is 3.05 bits per heavy atom. The standard InChI is InChI=1S/C16H20N4O/c1-10-5-3-4-6-12(10)11(2)20-16(21)14-7-13-15(8-17-14)19-9-18-13/h3-6,9,11,14,17H,7-8H2,1-2H3,(H,18,19)(H,20,21). The third kappa shape index (κ3) is 2.83. The molecule has 5 nitrogen and oxygen atoms in total. The lowest BCUT2D eigenvalue weighted by Gasteiger charge is -2.25. The Balaban J connectivity index is 1.66. The Morgan fingerprint density at radius 2 is 2.24 bits per heavy atom. The zero-order valence-electron chi connectivity index (χ0n) is 12.3. The maximum absolute atomic E-state index is 12.4. The van der Waals surface area contributed by atoms with E-state index < -0.39 is 0 Å². The molecule has 2 aromatic rings. The number of carbonyl (C=O) groups excluding carboxylic acids is 1. The van der Waals surface area contributed by atoms with Crippen molar-refractivity contribution in [3.63, 3.8) is 0 Å². The second-order valence-electron chi connectivity index (χ2n) is 5.55. The van der Waals surface area contributed by atoms with E-state index in [1.165, 1.54) is 5.56 Å². The van der Waals surface area contributed by atoms with Crippen LogP contribution in [0.3, 0.4) is 0 Å². The molecule has 0 saturated carbocycles. The van der Waals surface area contributed by atoms with Crippen LogP contribution in [0.25, 0.3) is 0 Å². The van der Waals surface area contributed by atoms with Crippen LogP contribution in [0.15, 0.2) is 30.6 Å². The highest BCUT2D eigenvalue weighted by atomic mass is 16.2. The number of hydrogen-bond acceptors (Lipinski definition) is 3. The summed E-state index contributed by atoms with van der Waals surface area (Å²) >= 11 is 0. The molecule has 3 N–H and O–H groups in total. The smallest absolute Gasteiger partial charge is 0.238 e. The fourth-order valence-corrected chi connectivity index (χ4v) is 2.82. The van der Waals surface area contributed by atoms with Crippen molar-refractivity contribution in [2.45, 2.75) is 38.9 Å². The monoisotopic (exact) mass is 284 g/mol. The minimum Gasteiger partial charge on any atom is -0.348 e. The second kappa shape index (κ2) is 5.69. The predicted molar refractivity (Wildman–Crippen MR) is 80.7 cm³/mol. The van der Waals surface area contributed by atoms with Crippen LogP contribution >= 0.6 is 0 Å². The van der Waals surface area contributed by atoms with Gasteiger partial charge in [0.05, 0.1) is 29.8 Å². The lowest BCUT2D eigenvalue weighted by atomic mass is 10.0. The topological polar surface area (TPSA) is 69.8 Å². The number of H-pyrrole nitrogens is 1. The zero-order valence-corrected chi connectivity index (χ0v) is 12.3. The average Bonchev–Trinajstić information content (AvgIpc) is 2.94. The molecule has 0 bridgehead atoms. The van der Waals surface area contributed by atoms with Crippen molar-refractivity contribution < 1.29 is 4.79 Å². The van der Waals surface area contributed by atoms with E-state index in [4.69, 9.17) is 0 Å². The van der Waals surface area contributed by atoms with Crippen LogP contribution in [-0.4, -0.2) is 21.9 Å².